The lowest BCUT2D eigenvalue weighted by Crippen LogP contribution is -2.29. The smallest absolute Gasteiger partial charge is 0.251 e. The first kappa shape index (κ1) is 20.9. The second-order valence-electron chi connectivity index (χ2n) is 7.47. The Bertz CT molecular complexity index is 923. The molecule has 0 aliphatic heterocycles. The van der Waals surface area contributed by atoms with Crippen LogP contribution in [0.4, 0.5) is 0 Å². The fraction of sp³-hybridized carbons (Fsp3) is 0.240. The summed E-state index contributed by atoms with van der Waals surface area (Å²) in [4.78, 5) is 12.8. The van der Waals surface area contributed by atoms with Crippen molar-refractivity contribution in [1.82, 2.24) is 5.32 Å². The van der Waals surface area contributed by atoms with Crippen LogP contribution in [0.25, 0.3) is 0 Å². The van der Waals surface area contributed by atoms with E-state index in [1.54, 1.807) is 12.1 Å². The number of amides is 1. The average molecular weight is 408 g/mol. The Morgan fingerprint density at radius 2 is 1.59 bits per heavy atom. The molecule has 0 heterocycles. The monoisotopic (exact) mass is 407 g/mol. The minimum absolute atomic E-state index is 0.0140. The van der Waals surface area contributed by atoms with Crippen LogP contribution in [0.3, 0.4) is 0 Å². The molecule has 0 aliphatic carbocycles. The molecule has 0 bridgehead atoms. The van der Waals surface area contributed by atoms with Crippen LogP contribution in [-0.2, 0) is 6.61 Å². The maximum Gasteiger partial charge on any atom is 0.251 e. The summed E-state index contributed by atoms with van der Waals surface area (Å²) < 4.78 is 5.79. The molecule has 1 amide bonds. The lowest BCUT2D eigenvalue weighted by atomic mass is 9.96. The van der Waals surface area contributed by atoms with E-state index in [1.165, 1.54) is 0 Å². The molecule has 3 nitrogen and oxygen atoms in total. The number of carbonyl (C=O) groups excluding carboxylic acids is 1. The van der Waals surface area contributed by atoms with Crippen LogP contribution in [0.2, 0.25) is 5.02 Å². The Labute approximate surface area is 177 Å². The molecular weight excluding hydrogens is 382 g/mol. The van der Waals surface area contributed by atoms with Crippen molar-refractivity contribution in [2.75, 3.05) is 0 Å². The van der Waals surface area contributed by atoms with Crippen molar-refractivity contribution in [1.29, 1.82) is 0 Å². The molecule has 4 heteroatoms. The highest BCUT2D eigenvalue weighted by atomic mass is 35.5. The van der Waals surface area contributed by atoms with E-state index in [-0.39, 0.29) is 11.9 Å². The molecule has 0 fully saturated rings. The number of benzene rings is 3. The third-order valence-corrected chi connectivity index (χ3v) is 5.05. The van der Waals surface area contributed by atoms with Gasteiger partial charge in [-0.15, -0.1) is 0 Å². The molecule has 0 unspecified atom stereocenters. The SMILES string of the molecule is CC(C)C[C@@H](NC(=O)c1ccc(OCc2ccccc2Cl)cc1)c1ccccc1. The number of nitrogens with one attached hydrogen (secondary N) is 1. The van der Waals surface area contributed by atoms with Crippen LogP contribution in [0, 0.1) is 5.92 Å². The van der Waals surface area contributed by atoms with Gasteiger partial charge in [0.05, 0.1) is 6.04 Å². The van der Waals surface area contributed by atoms with Gasteiger partial charge in [0.25, 0.3) is 5.91 Å². The van der Waals surface area contributed by atoms with Gasteiger partial charge in [0.15, 0.2) is 0 Å². The average Bonchev–Trinajstić information content (AvgIpc) is 2.73. The topological polar surface area (TPSA) is 38.3 Å². The zero-order valence-corrected chi connectivity index (χ0v) is 17.5. The van der Waals surface area contributed by atoms with Gasteiger partial charge < -0.3 is 10.1 Å². The first-order valence-corrected chi connectivity index (χ1v) is 10.2. The molecule has 3 aromatic carbocycles. The first-order chi connectivity index (χ1) is 14.0. The highest BCUT2D eigenvalue weighted by Crippen LogP contribution is 2.23. The van der Waals surface area contributed by atoms with E-state index in [0.717, 1.165) is 17.5 Å². The summed E-state index contributed by atoms with van der Waals surface area (Å²) in [5.74, 6) is 1.08. The van der Waals surface area contributed by atoms with Crippen LogP contribution in [0.1, 0.15) is 47.8 Å². The van der Waals surface area contributed by atoms with Gasteiger partial charge in [-0.05, 0) is 48.2 Å². The highest BCUT2D eigenvalue weighted by molar-refractivity contribution is 6.31. The second-order valence-corrected chi connectivity index (χ2v) is 7.88. The molecule has 3 aromatic rings. The standard InChI is InChI=1S/C25H26ClNO2/c1-18(2)16-24(19-8-4-3-5-9-19)27-25(28)20-12-14-22(15-13-20)29-17-21-10-6-7-11-23(21)26/h3-15,18,24H,16-17H2,1-2H3,(H,27,28)/t24-/m1/s1. The van der Waals surface area contributed by atoms with E-state index in [4.69, 9.17) is 16.3 Å². The summed E-state index contributed by atoms with van der Waals surface area (Å²) in [6.07, 6.45) is 0.884. The summed E-state index contributed by atoms with van der Waals surface area (Å²) in [6.45, 7) is 4.70. The van der Waals surface area contributed by atoms with Crippen molar-refractivity contribution in [3.63, 3.8) is 0 Å². The lowest BCUT2D eigenvalue weighted by Gasteiger charge is -2.21. The quantitative estimate of drug-likeness (QED) is 0.466. The Balaban J connectivity index is 1.63. The number of halogens is 1. The maximum atomic E-state index is 12.8. The minimum atomic E-state index is -0.0860. The Kier molecular flexibility index (Phi) is 7.31. The van der Waals surface area contributed by atoms with E-state index >= 15 is 0 Å². The van der Waals surface area contributed by atoms with Crippen LogP contribution < -0.4 is 10.1 Å². The lowest BCUT2D eigenvalue weighted by molar-refractivity contribution is 0.0932. The Morgan fingerprint density at radius 1 is 0.931 bits per heavy atom. The highest BCUT2D eigenvalue weighted by Gasteiger charge is 2.17. The molecule has 0 aliphatic rings. The van der Waals surface area contributed by atoms with Crippen molar-refractivity contribution < 1.29 is 9.53 Å². The summed E-state index contributed by atoms with van der Waals surface area (Å²) in [7, 11) is 0. The van der Waals surface area contributed by atoms with Crippen LogP contribution in [0.5, 0.6) is 5.75 Å². The molecule has 0 spiro atoms. The van der Waals surface area contributed by atoms with Gasteiger partial charge in [0, 0.05) is 16.1 Å². The molecule has 0 saturated carbocycles. The fourth-order valence-corrected chi connectivity index (χ4v) is 3.35. The zero-order valence-electron chi connectivity index (χ0n) is 16.8. The van der Waals surface area contributed by atoms with Crippen molar-refractivity contribution in [3.05, 3.63) is 101 Å². The molecule has 0 aromatic heterocycles. The van der Waals surface area contributed by atoms with Gasteiger partial charge in [-0.1, -0.05) is 74.0 Å². The van der Waals surface area contributed by atoms with Crippen LogP contribution in [-0.4, -0.2) is 5.91 Å². The molecule has 29 heavy (non-hydrogen) atoms. The molecule has 1 N–H and O–H groups in total. The molecule has 3 rings (SSSR count). The largest absolute Gasteiger partial charge is 0.489 e. The molecule has 1 atom stereocenters. The van der Waals surface area contributed by atoms with Crippen molar-refractivity contribution >= 4 is 17.5 Å². The van der Waals surface area contributed by atoms with Gasteiger partial charge in [0.2, 0.25) is 0 Å². The predicted molar refractivity (Wildman–Crippen MR) is 118 cm³/mol. The van der Waals surface area contributed by atoms with Gasteiger partial charge in [-0.3, -0.25) is 4.79 Å². The summed E-state index contributed by atoms with van der Waals surface area (Å²) in [5.41, 5.74) is 2.66. The predicted octanol–water partition coefficient (Wildman–Crippen LogP) is 6.44. The van der Waals surface area contributed by atoms with Gasteiger partial charge >= 0.3 is 0 Å². The van der Waals surface area contributed by atoms with Crippen molar-refractivity contribution in [3.8, 4) is 5.75 Å². The number of rotatable bonds is 8. The van der Waals surface area contributed by atoms with Gasteiger partial charge in [-0.25, -0.2) is 0 Å². The number of hydrogen-bond acceptors (Lipinski definition) is 2. The van der Waals surface area contributed by atoms with Crippen LogP contribution >= 0.6 is 11.6 Å². The normalized spacial score (nSPS) is 11.9. The maximum absolute atomic E-state index is 12.8. The van der Waals surface area contributed by atoms with Gasteiger partial charge in [-0.2, -0.15) is 0 Å². The van der Waals surface area contributed by atoms with Crippen molar-refractivity contribution in [2.24, 2.45) is 5.92 Å². The van der Waals surface area contributed by atoms with E-state index < -0.39 is 0 Å². The third kappa shape index (κ3) is 6.10. The molecular formula is C25H26ClNO2. The number of ether oxygens (including phenoxy) is 1. The van der Waals surface area contributed by atoms with E-state index in [1.807, 2.05) is 54.6 Å². The first-order valence-electron chi connectivity index (χ1n) is 9.85. The Morgan fingerprint density at radius 3 is 2.24 bits per heavy atom. The Hall–Kier alpha value is -2.78. The molecule has 150 valence electrons. The summed E-state index contributed by atoms with van der Waals surface area (Å²) in [6, 6.07) is 24.9. The van der Waals surface area contributed by atoms with E-state index in [2.05, 4.69) is 31.3 Å². The van der Waals surface area contributed by atoms with E-state index in [0.29, 0.717) is 28.9 Å². The zero-order chi connectivity index (χ0) is 20.6. The molecule has 0 saturated heterocycles. The number of hydrogen-bond donors (Lipinski definition) is 1. The minimum Gasteiger partial charge on any atom is -0.489 e. The summed E-state index contributed by atoms with van der Waals surface area (Å²) >= 11 is 6.16. The van der Waals surface area contributed by atoms with Crippen LogP contribution in [0.15, 0.2) is 78.9 Å². The fourth-order valence-electron chi connectivity index (χ4n) is 3.16. The molecule has 0 radical (unpaired) electrons. The third-order valence-electron chi connectivity index (χ3n) is 4.68. The van der Waals surface area contributed by atoms with Crippen molar-refractivity contribution in [2.45, 2.75) is 32.9 Å². The second kappa shape index (κ2) is 10.1. The van der Waals surface area contributed by atoms with Gasteiger partial charge in [0.1, 0.15) is 12.4 Å². The van der Waals surface area contributed by atoms with E-state index in [9.17, 15) is 4.79 Å². The number of carbonyl (C=O) groups is 1. The summed E-state index contributed by atoms with van der Waals surface area (Å²) in [5, 5.41) is 3.85.